The fourth-order valence-corrected chi connectivity index (χ4v) is 4.44. The molecule has 0 spiro atoms. The third kappa shape index (κ3) is 3.31. The first kappa shape index (κ1) is 16.9. The number of alkyl halides is 3. The third-order valence-corrected chi connectivity index (χ3v) is 5.59. The van der Waals surface area contributed by atoms with Crippen molar-refractivity contribution in [1.82, 2.24) is 4.90 Å². The molecule has 2 aliphatic rings. The summed E-state index contributed by atoms with van der Waals surface area (Å²) in [5, 5.41) is 2.57. The molecule has 2 amide bonds. The number of fused-ring (bicyclic) bond motifs is 1. The van der Waals surface area contributed by atoms with Crippen molar-refractivity contribution in [1.29, 1.82) is 0 Å². The highest BCUT2D eigenvalue weighted by Crippen LogP contribution is 2.47. The molecule has 2 unspecified atom stereocenters. The quantitative estimate of drug-likeness (QED) is 0.900. The van der Waals surface area contributed by atoms with Crippen molar-refractivity contribution >= 4 is 29.3 Å². The van der Waals surface area contributed by atoms with E-state index in [9.17, 15) is 22.8 Å². The van der Waals surface area contributed by atoms with Crippen molar-refractivity contribution in [2.24, 2.45) is 0 Å². The minimum atomic E-state index is -4.80. The van der Waals surface area contributed by atoms with Gasteiger partial charge in [-0.2, -0.15) is 0 Å². The zero-order chi connectivity index (χ0) is 17.5. The van der Waals surface area contributed by atoms with Crippen molar-refractivity contribution < 1.29 is 27.5 Å². The summed E-state index contributed by atoms with van der Waals surface area (Å²) >= 11 is 1.55. The van der Waals surface area contributed by atoms with E-state index in [0.717, 1.165) is 12.1 Å². The zero-order valence-electron chi connectivity index (χ0n) is 12.7. The Hall–Kier alpha value is -1.90. The Morgan fingerprint density at radius 3 is 2.92 bits per heavy atom. The van der Waals surface area contributed by atoms with Crippen LogP contribution >= 0.6 is 11.8 Å². The first-order valence-electron chi connectivity index (χ1n) is 7.31. The van der Waals surface area contributed by atoms with E-state index in [1.807, 2.05) is 6.92 Å². The standard InChI is InChI=1S/C15H15F3N2O3S/c1-14-6-5-12(21)20(14)11(8-24-14)13(22)19-9-3-2-4-10(7-9)23-15(16,17)18/h2-4,7,11H,5-6,8H2,1H3,(H,19,22). The van der Waals surface area contributed by atoms with Crippen LogP contribution in [0.5, 0.6) is 5.75 Å². The number of benzene rings is 1. The smallest absolute Gasteiger partial charge is 0.406 e. The lowest BCUT2D eigenvalue weighted by molar-refractivity contribution is -0.274. The highest BCUT2D eigenvalue weighted by atomic mass is 32.2. The molecule has 1 aromatic rings. The zero-order valence-corrected chi connectivity index (χ0v) is 13.5. The number of carbonyl (C=O) groups is 2. The second-order valence-electron chi connectivity index (χ2n) is 5.83. The van der Waals surface area contributed by atoms with Crippen LogP contribution in [-0.2, 0) is 9.59 Å². The van der Waals surface area contributed by atoms with Crippen molar-refractivity contribution in [3.63, 3.8) is 0 Å². The van der Waals surface area contributed by atoms with Crippen molar-refractivity contribution in [2.75, 3.05) is 11.1 Å². The summed E-state index contributed by atoms with van der Waals surface area (Å²) in [5.74, 6) is -0.432. The highest BCUT2D eigenvalue weighted by Gasteiger charge is 2.52. The molecule has 130 valence electrons. The molecule has 2 aliphatic heterocycles. The van der Waals surface area contributed by atoms with Crippen LogP contribution < -0.4 is 10.1 Å². The van der Waals surface area contributed by atoms with Crippen molar-refractivity contribution in [3.05, 3.63) is 24.3 Å². The lowest BCUT2D eigenvalue weighted by Gasteiger charge is -2.29. The summed E-state index contributed by atoms with van der Waals surface area (Å²) in [6.07, 6.45) is -3.70. The summed E-state index contributed by atoms with van der Waals surface area (Å²) in [4.78, 5) is 25.7. The summed E-state index contributed by atoms with van der Waals surface area (Å²) < 4.78 is 40.6. The van der Waals surface area contributed by atoms with Crippen molar-refractivity contribution in [2.45, 2.75) is 37.0 Å². The van der Waals surface area contributed by atoms with E-state index in [-0.39, 0.29) is 16.5 Å². The number of nitrogens with zero attached hydrogens (tertiary/aromatic N) is 1. The van der Waals surface area contributed by atoms with Crippen LogP contribution in [0.15, 0.2) is 24.3 Å². The number of nitrogens with one attached hydrogen (secondary N) is 1. The number of anilines is 1. The lowest BCUT2D eigenvalue weighted by Crippen LogP contribution is -2.48. The fraction of sp³-hybridized carbons (Fsp3) is 0.467. The van der Waals surface area contributed by atoms with Gasteiger partial charge in [-0.3, -0.25) is 9.59 Å². The number of ether oxygens (including phenoxy) is 1. The molecule has 1 N–H and O–H groups in total. The molecule has 9 heteroatoms. The third-order valence-electron chi connectivity index (χ3n) is 4.08. The van der Waals surface area contributed by atoms with Gasteiger partial charge in [0.25, 0.3) is 0 Å². The van der Waals surface area contributed by atoms with Gasteiger partial charge in [0.15, 0.2) is 0 Å². The molecular formula is C15H15F3N2O3S. The Kier molecular flexibility index (Phi) is 4.15. The van der Waals surface area contributed by atoms with Crippen LogP contribution in [0, 0.1) is 0 Å². The van der Waals surface area contributed by atoms with Crippen LogP contribution in [-0.4, -0.2) is 39.7 Å². The second-order valence-corrected chi connectivity index (χ2v) is 7.33. The number of rotatable bonds is 3. The SMILES string of the molecule is CC12CCC(=O)N1C(C(=O)Nc1cccc(OC(F)(F)F)c1)CS2. The molecule has 24 heavy (non-hydrogen) atoms. The number of hydrogen-bond donors (Lipinski definition) is 1. The van der Waals surface area contributed by atoms with Crippen LogP contribution in [0.1, 0.15) is 19.8 Å². The Balaban J connectivity index is 1.71. The average Bonchev–Trinajstić information content (AvgIpc) is 2.94. The number of carbonyl (C=O) groups excluding carboxylic acids is 2. The van der Waals surface area contributed by atoms with E-state index < -0.39 is 24.1 Å². The summed E-state index contributed by atoms with van der Waals surface area (Å²) in [6.45, 7) is 1.92. The van der Waals surface area contributed by atoms with Gasteiger partial charge in [-0.25, -0.2) is 0 Å². The van der Waals surface area contributed by atoms with Gasteiger partial charge in [-0.1, -0.05) is 6.07 Å². The van der Waals surface area contributed by atoms with E-state index in [1.165, 1.54) is 12.1 Å². The minimum absolute atomic E-state index is 0.0724. The maximum atomic E-state index is 12.5. The molecule has 0 radical (unpaired) electrons. The van der Waals surface area contributed by atoms with Gasteiger partial charge in [0, 0.05) is 23.9 Å². The molecule has 2 fully saturated rings. The fourth-order valence-electron chi connectivity index (χ4n) is 3.01. The van der Waals surface area contributed by atoms with Gasteiger partial charge in [0.05, 0.1) is 4.87 Å². The number of hydrogen-bond acceptors (Lipinski definition) is 4. The minimum Gasteiger partial charge on any atom is -0.406 e. The molecule has 1 aromatic carbocycles. The van der Waals surface area contributed by atoms with Crippen LogP contribution in [0.2, 0.25) is 0 Å². The van der Waals surface area contributed by atoms with E-state index in [0.29, 0.717) is 18.6 Å². The molecule has 2 saturated heterocycles. The molecule has 0 saturated carbocycles. The lowest BCUT2D eigenvalue weighted by atomic mass is 10.2. The number of thioether (sulfide) groups is 1. The van der Waals surface area contributed by atoms with Crippen LogP contribution in [0.25, 0.3) is 0 Å². The summed E-state index contributed by atoms with van der Waals surface area (Å²) in [7, 11) is 0. The Morgan fingerprint density at radius 2 is 2.21 bits per heavy atom. The molecule has 0 aromatic heterocycles. The van der Waals surface area contributed by atoms with Gasteiger partial charge in [0.1, 0.15) is 11.8 Å². The van der Waals surface area contributed by atoms with E-state index in [4.69, 9.17) is 0 Å². The topological polar surface area (TPSA) is 58.6 Å². The molecule has 5 nitrogen and oxygen atoms in total. The average molecular weight is 360 g/mol. The molecule has 0 bridgehead atoms. The van der Waals surface area contributed by atoms with Crippen molar-refractivity contribution in [3.8, 4) is 5.75 Å². The van der Waals surface area contributed by atoms with E-state index >= 15 is 0 Å². The molecular weight excluding hydrogens is 345 g/mol. The first-order valence-corrected chi connectivity index (χ1v) is 8.29. The second kappa shape index (κ2) is 5.87. The van der Waals surface area contributed by atoms with Gasteiger partial charge < -0.3 is 15.0 Å². The van der Waals surface area contributed by atoms with Gasteiger partial charge >= 0.3 is 6.36 Å². The summed E-state index contributed by atoms with van der Waals surface area (Å²) in [5.41, 5.74) is 0.187. The molecule has 2 heterocycles. The van der Waals surface area contributed by atoms with Crippen LogP contribution in [0.3, 0.4) is 0 Å². The van der Waals surface area contributed by atoms with Gasteiger partial charge in [0.2, 0.25) is 11.8 Å². The van der Waals surface area contributed by atoms with Gasteiger partial charge in [-0.15, -0.1) is 24.9 Å². The monoisotopic (exact) mass is 360 g/mol. The largest absolute Gasteiger partial charge is 0.573 e. The number of halogens is 3. The Morgan fingerprint density at radius 1 is 1.46 bits per heavy atom. The van der Waals surface area contributed by atoms with Gasteiger partial charge in [-0.05, 0) is 25.5 Å². The van der Waals surface area contributed by atoms with E-state index in [2.05, 4.69) is 10.1 Å². The first-order chi connectivity index (χ1) is 11.2. The molecule has 3 rings (SSSR count). The predicted molar refractivity (Wildman–Crippen MR) is 82.5 cm³/mol. The van der Waals surface area contributed by atoms with E-state index in [1.54, 1.807) is 16.7 Å². The maximum Gasteiger partial charge on any atom is 0.573 e. The predicted octanol–water partition coefficient (Wildman–Crippen LogP) is 2.98. The summed E-state index contributed by atoms with van der Waals surface area (Å²) in [6, 6.07) is 4.44. The molecule has 2 atom stereocenters. The highest BCUT2D eigenvalue weighted by molar-refractivity contribution is 8.01. The maximum absolute atomic E-state index is 12.5. The molecule has 0 aliphatic carbocycles. The Bertz CT molecular complexity index is 682. The number of amides is 2. The van der Waals surface area contributed by atoms with Crippen LogP contribution in [0.4, 0.5) is 18.9 Å². The normalized spacial score (nSPS) is 26.4. The Labute approximate surface area is 140 Å².